The molecule has 774 valence electrons. The molecule has 7 rings (SSSR count). The van der Waals surface area contributed by atoms with Gasteiger partial charge in [0.1, 0.15) is 0 Å². The van der Waals surface area contributed by atoms with Crippen molar-refractivity contribution in [3.8, 4) is 0 Å². The van der Waals surface area contributed by atoms with Gasteiger partial charge in [-0.25, -0.2) is 0 Å². The van der Waals surface area contributed by atoms with Crippen molar-refractivity contribution in [1.82, 2.24) is 34.3 Å². The van der Waals surface area contributed by atoms with Crippen LogP contribution in [0.3, 0.4) is 0 Å². The molecule has 2 N–H and O–H groups in total. The van der Waals surface area contributed by atoms with Crippen molar-refractivity contribution in [1.29, 1.82) is 0 Å². The highest BCUT2D eigenvalue weighted by Gasteiger charge is 2.39. The Hall–Kier alpha value is -8.12. The third-order valence-corrected chi connectivity index (χ3v) is 24.9. The highest BCUT2D eigenvalue weighted by molar-refractivity contribution is 5.65. The van der Waals surface area contributed by atoms with Gasteiger partial charge in [-0.05, 0) is 175 Å². The van der Waals surface area contributed by atoms with E-state index < -0.39 is 0 Å². The van der Waals surface area contributed by atoms with Crippen molar-refractivity contribution in [3.05, 3.63) is 182 Å². The Kier molecular flexibility index (Phi) is 52.2. The first-order valence-electron chi connectivity index (χ1n) is 50.6. The summed E-state index contributed by atoms with van der Waals surface area (Å²) in [5, 5.41) is 6.32. The lowest BCUT2D eigenvalue weighted by Crippen LogP contribution is -2.48. The van der Waals surface area contributed by atoms with Crippen molar-refractivity contribution < 1.29 is 0 Å². The maximum Gasteiger partial charge on any atom is 0.249 e. The molecule has 0 aliphatic heterocycles. The van der Waals surface area contributed by atoms with Gasteiger partial charge in [-0.2, -0.15) is 0 Å². The van der Waals surface area contributed by atoms with E-state index in [4.69, 9.17) is 0 Å². The molecule has 0 saturated carbocycles. The number of hydrogen-bond acceptors (Lipinski definition) is 28. The fraction of sp³-hybridized carbons (Fsp3) is 0.741. The van der Waals surface area contributed by atoms with Gasteiger partial charge in [0.15, 0.2) is 0 Å². The van der Waals surface area contributed by atoms with E-state index in [9.17, 15) is 67.1 Å². The Morgan fingerprint density at radius 3 is 0.581 bits per heavy atom. The average Bonchev–Trinajstić information content (AvgIpc) is 0.737. The summed E-state index contributed by atoms with van der Waals surface area (Å²) in [7, 11) is 13.6. The maximum absolute atomic E-state index is 11.9. The predicted octanol–water partition coefficient (Wildman–Crippen LogP) is 11.4. The fourth-order valence-corrected chi connectivity index (χ4v) is 17.1. The predicted molar refractivity (Wildman–Crippen MR) is 581 cm³/mol. The van der Waals surface area contributed by atoms with E-state index in [1.165, 1.54) is 0 Å². The minimum Gasteiger partial charge on any atom is -0.380 e. The summed E-state index contributed by atoms with van der Waals surface area (Å²) in [6.07, 6.45) is 7.91. The third-order valence-electron chi connectivity index (χ3n) is 24.9. The number of nitrogens with zero attached hydrogens (tertiary/aromatic N) is 12. The van der Waals surface area contributed by atoms with Crippen LogP contribution in [0.25, 0.3) is 0 Å². The number of likely N-dealkylation sites (N-methyl/N-ethyl adjacent to an activating group) is 10. The number of rotatable bonds is 47. The van der Waals surface area contributed by atoms with E-state index in [2.05, 4.69) is 135 Å². The molecular formula is C108H188N14O14. The monoisotopic (exact) mass is 1910 g/mol. The van der Waals surface area contributed by atoms with Crippen LogP contribution < -0.4 is 111 Å². The molecule has 7 aromatic rings. The summed E-state index contributed by atoms with van der Waals surface area (Å²) in [5.74, 6) is 0. The third kappa shape index (κ3) is 35.9. The SMILES string of the molecule is CCCN(C)CCN(C)c1c(C(C)(C)C)c(=O)c1=O.CCCN(CC)CCN(C)c1c(C(C)(C)C)c(=O)c1=O.CCCN(CC)CCNc1c(C(C)(C)C)c(=O)c1=O.CCCN(CCC)CCN(C)c1c(C(C)(C)C)c(=O)c1=O.CCCN(CCC)CCNc1c(C(C)(C)C)c(=O)c1=O.CCN(C)CCN(C)c1c(C(C)(C)C)c(=O)c1=O.CCN(CC)CCN(C)c1c(C(C)(C)C)c(=O)c1=O. The quantitative estimate of drug-likeness (QED) is 0.0335. The standard InChI is InChI=1S/C17H30N2O2.2C16H28N2O2.3C15H26N2O2.C14H24N2O2/c1-7-9-19(10-8-2)12-11-18(6)14-13(17(3,4)5)15(20)16(14)21;1-7-9-18(8-2)11-10-17(6)13-12(16(3,4)5)14(19)15(13)20;1-6-9-18(10-7-2)11-8-17-13-12(16(3,4)5)14(19)15(13)20;1-7-8-16(5)9-10-17(6)12-11(15(2,3)4)13(18)14(12)19;1-7-17(8-2)10-9-16(6)12-11(15(3,4)5)13(18)14(12)19;1-6-9-17(7-2)10-8-16-12-11(15(3,4)5)13(18)14(12)19;1-7-15(5)8-9-16(6)11-10(14(2,3)4)12(17)13(11)18/h7-12H2,1-6H3;7-11H2,1-6H3;17H,6-11H2,1-5H3;2*7-10H2,1-6H3;16H,6-10H2,1-5H3;7-9H2,1-6H3. The molecule has 28 nitrogen and oxygen atoms in total. The van der Waals surface area contributed by atoms with Gasteiger partial charge in [0.25, 0.3) is 0 Å². The average molecular weight is 1910 g/mol. The summed E-state index contributed by atoms with van der Waals surface area (Å²) < 4.78 is 0. The summed E-state index contributed by atoms with van der Waals surface area (Å²) in [5.41, 5.74) is 2.51. The maximum atomic E-state index is 11.9. The summed E-state index contributed by atoms with van der Waals surface area (Å²) in [6.45, 7) is 91.4. The highest BCUT2D eigenvalue weighted by atomic mass is 16.2. The molecule has 0 unspecified atom stereocenters. The van der Waals surface area contributed by atoms with E-state index in [0.717, 1.165) is 202 Å². The first kappa shape index (κ1) is 126. The second-order valence-electron chi connectivity index (χ2n) is 44.2. The van der Waals surface area contributed by atoms with E-state index in [0.29, 0.717) is 91.8 Å². The lowest BCUT2D eigenvalue weighted by atomic mass is 9.82. The molecule has 0 bridgehead atoms. The van der Waals surface area contributed by atoms with Gasteiger partial charge in [-0.3, -0.25) is 67.1 Å². The van der Waals surface area contributed by atoms with Crippen LogP contribution in [0.2, 0.25) is 0 Å². The summed E-state index contributed by atoms with van der Waals surface area (Å²) >= 11 is 0. The molecule has 0 spiro atoms. The van der Waals surface area contributed by atoms with E-state index in [-0.39, 0.29) is 114 Å². The zero-order valence-corrected chi connectivity index (χ0v) is 92.9. The van der Waals surface area contributed by atoms with E-state index in [1.807, 2.05) is 212 Å². The van der Waals surface area contributed by atoms with Crippen LogP contribution in [-0.4, -0.2) is 254 Å². The van der Waals surface area contributed by atoms with Crippen molar-refractivity contribution in [3.63, 3.8) is 0 Å². The van der Waals surface area contributed by atoms with Crippen molar-refractivity contribution in [2.24, 2.45) is 0 Å². The summed E-state index contributed by atoms with van der Waals surface area (Å²) in [4.78, 5) is 190. The van der Waals surface area contributed by atoms with Crippen LogP contribution >= 0.6 is 0 Å². The molecule has 0 heterocycles. The van der Waals surface area contributed by atoms with Crippen LogP contribution in [0.15, 0.2) is 67.1 Å². The van der Waals surface area contributed by atoms with Gasteiger partial charge < -0.3 is 69.4 Å². The van der Waals surface area contributed by atoms with Gasteiger partial charge in [-0.15, -0.1) is 0 Å². The Bertz CT molecular complexity index is 5280. The van der Waals surface area contributed by atoms with E-state index in [1.54, 1.807) is 0 Å². The Balaban J connectivity index is 0.000000794. The van der Waals surface area contributed by atoms with Crippen LogP contribution in [0, 0.1) is 0 Å². The van der Waals surface area contributed by atoms with Crippen molar-refractivity contribution in [2.45, 2.75) is 311 Å². The molecular weight excluding hydrogens is 1720 g/mol. The van der Waals surface area contributed by atoms with Crippen LogP contribution in [0.4, 0.5) is 39.8 Å². The molecule has 0 aliphatic carbocycles. The van der Waals surface area contributed by atoms with Gasteiger partial charge in [0.05, 0.1) is 39.8 Å². The van der Waals surface area contributed by atoms with E-state index >= 15 is 0 Å². The lowest BCUT2D eigenvalue weighted by Gasteiger charge is -2.31. The molecule has 0 fully saturated rings. The van der Waals surface area contributed by atoms with Crippen molar-refractivity contribution >= 4 is 39.8 Å². The minimum atomic E-state index is -0.358. The Morgan fingerprint density at radius 2 is 0.360 bits per heavy atom. The zero-order valence-electron chi connectivity index (χ0n) is 92.9. The lowest BCUT2D eigenvalue weighted by molar-refractivity contribution is 0.281. The number of anilines is 7. The first-order valence-corrected chi connectivity index (χ1v) is 50.6. The Morgan fingerprint density at radius 1 is 0.176 bits per heavy atom. The van der Waals surface area contributed by atoms with Gasteiger partial charge in [0, 0.05) is 166 Å². The normalized spacial score (nSPS) is 12.3. The second kappa shape index (κ2) is 56.4. The van der Waals surface area contributed by atoms with Gasteiger partial charge >= 0.3 is 0 Å². The number of nitrogens with one attached hydrogen (secondary N) is 2. The van der Waals surface area contributed by atoms with Crippen LogP contribution in [0.1, 0.15) is 312 Å². The zero-order chi connectivity index (χ0) is 105. The summed E-state index contributed by atoms with van der Waals surface area (Å²) in [6, 6.07) is 0. The molecule has 0 amide bonds. The first-order chi connectivity index (χ1) is 62.7. The highest BCUT2D eigenvalue weighted by Crippen LogP contribution is 2.33. The minimum absolute atomic E-state index is 0.259. The molecule has 136 heavy (non-hydrogen) atoms. The molecule has 7 aromatic carbocycles. The molecule has 0 saturated heterocycles. The fourth-order valence-electron chi connectivity index (χ4n) is 17.1. The van der Waals surface area contributed by atoms with Crippen LogP contribution in [0.5, 0.6) is 0 Å². The van der Waals surface area contributed by atoms with Crippen molar-refractivity contribution in [2.75, 3.05) is 255 Å². The molecule has 0 aliphatic rings. The Labute approximate surface area is 817 Å². The second-order valence-corrected chi connectivity index (χ2v) is 44.2. The topological polar surface area (TPSA) is 302 Å². The molecule has 0 aromatic heterocycles. The molecule has 0 radical (unpaired) electrons. The molecule has 28 heteroatoms. The van der Waals surface area contributed by atoms with Crippen LogP contribution in [-0.2, 0) is 37.9 Å². The smallest absolute Gasteiger partial charge is 0.249 e. The van der Waals surface area contributed by atoms with Gasteiger partial charge in [-0.1, -0.05) is 228 Å². The molecule has 0 atom stereocenters. The number of hydrogen-bond donors (Lipinski definition) is 2. The van der Waals surface area contributed by atoms with Gasteiger partial charge in [0.2, 0.25) is 76.0 Å². The largest absolute Gasteiger partial charge is 0.380 e.